The number of carbonyl (C=O) groups is 2. The lowest BCUT2D eigenvalue weighted by Crippen LogP contribution is -2.42. The first-order valence-electron chi connectivity index (χ1n) is 10.4. The molecule has 1 fully saturated rings. The first kappa shape index (κ1) is 20.3. The van der Waals surface area contributed by atoms with Crippen molar-refractivity contribution in [1.29, 1.82) is 0 Å². The third kappa shape index (κ3) is 5.10. The molecule has 1 heterocycles. The maximum Gasteiger partial charge on any atom is 0.251 e. The maximum atomic E-state index is 12.6. The second-order valence-electron chi connectivity index (χ2n) is 7.66. The fourth-order valence-corrected chi connectivity index (χ4v) is 3.76. The molecule has 2 aromatic rings. The highest BCUT2D eigenvalue weighted by atomic mass is 16.2. The van der Waals surface area contributed by atoms with Gasteiger partial charge in [-0.15, -0.1) is 0 Å². The Morgan fingerprint density at radius 3 is 2.68 bits per heavy atom. The van der Waals surface area contributed by atoms with Crippen LogP contribution in [0, 0.1) is 5.92 Å². The van der Waals surface area contributed by atoms with E-state index in [1.165, 1.54) is 0 Å². The zero-order valence-corrected chi connectivity index (χ0v) is 16.9. The summed E-state index contributed by atoms with van der Waals surface area (Å²) in [6.45, 7) is 6.82. The Bertz CT molecular complexity index is 816. The molecule has 150 valence electrons. The average molecular weight is 382 g/mol. The van der Waals surface area contributed by atoms with Crippen LogP contribution in [0.4, 0.5) is 0 Å². The van der Waals surface area contributed by atoms with E-state index in [-0.39, 0.29) is 17.9 Å². The van der Waals surface area contributed by atoms with E-state index < -0.39 is 0 Å². The summed E-state index contributed by atoms with van der Waals surface area (Å²) in [5.74, 6) is 0.653. The van der Waals surface area contributed by atoms with Gasteiger partial charge in [-0.05, 0) is 35.2 Å². The normalized spacial score (nSPS) is 17.8. The molecular formula is C23H31N3O2. The van der Waals surface area contributed by atoms with Gasteiger partial charge in [0.05, 0.1) is 6.54 Å². The van der Waals surface area contributed by atoms with E-state index in [1.807, 2.05) is 47.4 Å². The molecule has 0 aliphatic carbocycles. The zero-order valence-electron chi connectivity index (χ0n) is 16.9. The topological polar surface area (TPSA) is 61.4 Å². The van der Waals surface area contributed by atoms with E-state index >= 15 is 0 Å². The quantitative estimate of drug-likeness (QED) is 0.774. The van der Waals surface area contributed by atoms with Crippen LogP contribution in [-0.2, 0) is 4.79 Å². The molecule has 1 aliphatic heterocycles. The standard InChI is InChI=1S/C23H31N3O2/c1-3-17(4-2)16-26-12-11-21(24-15-22(26)27)14-25-23(28)20-10-9-18-7-5-6-8-19(18)13-20/h5-10,13,17,21,24H,3-4,11-12,14-16H2,1-2H3,(H,25,28)/t21-/m0/s1. The first-order chi connectivity index (χ1) is 13.6. The van der Waals surface area contributed by atoms with Crippen molar-refractivity contribution in [2.75, 3.05) is 26.2 Å². The molecule has 1 atom stereocenters. The largest absolute Gasteiger partial charge is 0.350 e. The summed E-state index contributed by atoms with van der Waals surface area (Å²) < 4.78 is 0. The van der Waals surface area contributed by atoms with Gasteiger partial charge in [0.1, 0.15) is 0 Å². The van der Waals surface area contributed by atoms with E-state index in [1.54, 1.807) is 0 Å². The fraction of sp³-hybridized carbons (Fsp3) is 0.478. The molecule has 2 amide bonds. The molecule has 0 bridgehead atoms. The van der Waals surface area contributed by atoms with E-state index in [9.17, 15) is 9.59 Å². The van der Waals surface area contributed by atoms with Crippen LogP contribution < -0.4 is 10.6 Å². The van der Waals surface area contributed by atoms with Crippen LogP contribution in [0.3, 0.4) is 0 Å². The Kier molecular flexibility index (Phi) is 7.04. The van der Waals surface area contributed by atoms with Crippen molar-refractivity contribution < 1.29 is 9.59 Å². The minimum Gasteiger partial charge on any atom is -0.350 e. The van der Waals surface area contributed by atoms with Crippen LogP contribution in [0.15, 0.2) is 42.5 Å². The number of nitrogens with zero attached hydrogens (tertiary/aromatic N) is 1. The Labute approximate surface area is 167 Å². The molecular weight excluding hydrogens is 350 g/mol. The molecule has 1 aliphatic rings. The van der Waals surface area contributed by atoms with Gasteiger partial charge in [-0.1, -0.05) is 57.0 Å². The molecule has 2 aromatic carbocycles. The van der Waals surface area contributed by atoms with Crippen LogP contribution >= 0.6 is 0 Å². The molecule has 2 N–H and O–H groups in total. The van der Waals surface area contributed by atoms with Gasteiger partial charge >= 0.3 is 0 Å². The molecule has 5 nitrogen and oxygen atoms in total. The summed E-state index contributed by atoms with van der Waals surface area (Å²) in [5.41, 5.74) is 0.666. The second-order valence-corrected chi connectivity index (χ2v) is 7.66. The summed E-state index contributed by atoms with van der Waals surface area (Å²) in [6.07, 6.45) is 3.04. The lowest BCUT2D eigenvalue weighted by atomic mass is 10.0. The summed E-state index contributed by atoms with van der Waals surface area (Å²) in [7, 11) is 0. The Balaban J connectivity index is 1.54. The van der Waals surface area contributed by atoms with E-state index in [4.69, 9.17) is 0 Å². The molecule has 1 saturated heterocycles. The summed E-state index contributed by atoms with van der Waals surface area (Å²) in [5, 5.41) is 8.51. The minimum atomic E-state index is -0.0722. The van der Waals surface area contributed by atoms with Gasteiger partial charge in [0.25, 0.3) is 5.91 Å². The van der Waals surface area contributed by atoms with Crippen molar-refractivity contribution in [2.45, 2.75) is 39.2 Å². The highest BCUT2D eigenvalue weighted by Crippen LogP contribution is 2.16. The van der Waals surface area contributed by atoms with Crippen molar-refractivity contribution in [1.82, 2.24) is 15.5 Å². The van der Waals surface area contributed by atoms with Crippen LogP contribution in [0.2, 0.25) is 0 Å². The lowest BCUT2D eigenvalue weighted by molar-refractivity contribution is -0.130. The molecule has 28 heavy (non-hydrogen) atoms. The fourth-order valence-electron chi connectivity index (χ4n) is 3.76. The van der Waals surface area contributed by atoms with Crippen molar-refractivity contribution in [3.05, 3.63) is 48.0 Å². The predicted octanol–water partition coefficient (Wildman–Crippen LogP) is 3.20. The van der Waals surface area contributed by atoms with Crippen molar-refractivity contribution >= 4 is 22.6 Å². The smallest absolute Gasteiger partial charge is 0.251 e. The number of hydrogen-bond donors (Lipinski definition) is 2. The van der Waals surface area contributed by atoms with Crippen LogP contribution in [0.5, 0.6) is 0 Å². The molecule has 0 unspecified atom stereocenters. The average Bonchev–Trinajstić information content (AvgIpc) is 2.91. The minimum absolute atomic E-state index is 0.0722. The van der Waals surface area contributed by atoms with Crippen molar-refractivity contribution in [3.8, 4) is 0 Å². The van der Waals surface area contributed by atoms with Gasteiger partial charge in [0, 0.05) is 31.2 Å². The van der Waals surface area contributed by atoms with E-state index in [0.29, 0.717) is 24.6 Å². The molecule has 0 radical (unpaired) electrons. The van der Waals surface area contributed by atoms with Crippen molar-refractivity contribution in [3.63, 3.8) is 0 Å². The van der Waals surface area contributed by atoms with Gasteiger partial charge in [-0.2, -0.15) is 0 Å². The number of hydrogen-bond acceptors (Lipinski definition) is 3. The Morgan fingerprint density at radius 2 is 1.93 bits per heavy atom. The number of benzene rings is 2. The summed E-state index contributed by atoms with van der Waals surface area (Å²) in [4.78, 5) is 26.9. The van der Waals surface area contributed by atoms with Crippen LogP contribution in [0.25, 0.3) is 10.8 Å². The predicted molar refractivity (Wildman–Crippen MR) is 113 cm³/mol. The van der Waals surface area contributed by atoms with E-state index in [2.05, 4.69) is 24.5 Å². The molecule has 0 spiro atoms. The summed E-state index contributed by atoms with van der Waals surface area (Å²) in [6, 6.07) is 13.9. The van der Waals surface area contributed by atoms with Gasteiger partial charge in [0.15, 0.2) is 0 Å². The Hall–Kier alpha value is -2.40. The van der Waals surface area contributed by atoms with Gasteiger partial charge < -0.3 is 15.5 Å². The molecule has 5 heteroatoms. The highest BCUT2D eigenvalue weighted by Gasteiger charge is 2.23. The number of nitrogens with one attached hydrogen (secondary N) is 2. The number of amides is 2. The Morgan fingerprint density at radius 1 is 1.18 bits per heavy atom. The number of rotatable bonds is 7. The van der Waals surface area contributed by atoms with Crippen LogP contribution in [-0.4, -0.2) is 48.9 Å². The first-order valence-corrected chi connectivity index (χ1v) is 10.4. The zero-order chi connectivity index (χ0) is 19.9. The van der Waals surface area contributed by atoms with Gasteiger partial charge in [-0.25, -0.2) is 0 Å². The second kappa shape index (κ2) is 9.69. The van der Waals surface area contributed by atoms with Crippen molar-refractivity contribution in [2.24, 2.45) is 5.92 Å². The maximum absolute atomic E-state index is 12.6. The third-order valence-electron chi connectivity index (χ3n) is 5.80. The van der Waals surface area contributed by atoms with Crippen LogP contribution in [0.1, 0.15) is 43.5 Å². The molecule has 3 rings (SSSR count). The summed E-state index contributed by atoms with van der Waals surface area (Å²) >= 11 is 0. The third-order valence-corrected chi connectivity index (χ3v) is 5.80. The van der Waals surface area contributed by atoms with Gasteiger partial charge in [-0.3, -0.25) is 9.59 Å². The molecule has 0 aromatic heterocycles. The number of carbonyl (C=O) groups excluding carboxylic acids is 2. The molecule has 0 saturated carbocycles. The van der Waals surface area contributed by atoms with Gasteiger partial charge in [0.2, 0.25) is 5.91 Å². The SMILES string of the molecule is CCC(CC)CN1CC[C@@H](CNC(=O)c2ccc3ccccc3c2)NCC1=O. The number of fused-ring (bicyclic) bond motifs is 1. The highest BCUT2D eigenvalue weighted by molar-refractivity contribution is 5.98. The monoisotopic (exact) mass is 381 g/mol. The lowest BCUT2D eigenvalue weighted by Gasteiger charge is -2.25. The van der Waals surface area contributed by atoms with E-state index in [0.717, 1.165) is 43.1 Å².